The van der Waals surface area contributed by atoms with Crippen molar-refractivity contribution < 1.29 is 9.47 Å². The van der Waals surface area contributed by atoms with Gasteiger partial charge in [0.2, 0.25) is 0 Å². The predicted molar refractivity (Wildman–Crippen MR) is 60.6 cm³/mol. The van der Waals surface area contributed by atoms with Crippen molar-refractivity contribution in [1.29, 1.82) is 0 Å². The largest absolute Gasteiger partial charge is 0.346 e. The first-order valence-electron chi connectivity index (χ1n) is 5.00. The van der Waals surface area contributed by atoms with E-state index in [-0.39, 0.29) is 0 Å². The van der Waals surface area contributed by atoms with E-state index in [9.17, 15) is 0 Å². The first kappa shape index (κ1) is 11.8. The molecule has 2 nitrogen and oxygen atoms in total. The van der Waals surface area contributed by atoms with Crippen LogP contribution in [0, 0.1) is 11.5 Å². The van der Waals surface area contributed by atoms with E-state index in [0.29, 0.717) is 6.61 Å². The Kier molecular flexibility index (Phi) is 2.83. The normalized spacial score (nSPS) is 31.0. The summed E-state index contributed by atoms with van der Waals surface area (Å²) in [5, 5.41) is 0. The van der Waals surface area contributed by atoms with Gasteiger partial charge in [-0.3, -0.25) is 0 Å². The number of hydrogen-bond donors (Lipinski definition) is 0. The molecule has 0 bridgehead atoms. The highest BCUT2D eigenvalue weighted by molar-refractivity contribution is 6.83. The second-order valence-corrected chi connectivity index (χ2v) is 10.3. The van der Waals surface area contributed by atoms with Gasteiger partial charge >= 0.3 is 0 Å². The minimum atomic E-state index is -1.31. The summed E-state index contributed by atoms with van der Waals surface area (Å²) in [5.41, 5.74) is 2.91. The van der Waals surface area contributed by atoms with E-state index in [4.69, 9.17) is 9.47 Å². The number of hydrogen-bond acceptors (Lipinski definition) is 2. The summed E-state index contributed by atoms with van der Waals surface area (Å²) in [7, 11) is -1.31. The summed E-state index contributed by atoms with van der Waals surface area (Å²) in [6.07, 6.45) is 0. The fraction of sp³-hybridized carbons (Fsp3) is 0.818. The summed E-state index contributed by atoms with van der Waals surface area (Å²) >= 11 is 0. The van der Waals surface area contributed by atoms with Crippen molar-refractivity contribution in [2.75, 3.05) is 6.61 Å². The van der Waals surface area contributed by atoms with Crippen LogP contribution in [0.2, 0.25) is 19.6 Å². The third kappa shape index (κ3) is 3.45. The molecule has 80 valence electrons. The Morgan fingerprint density at radius 1 is 1.14 bits per heavy atom. The van der Waals surface area contributed by atoms with E-state index >= 15 is 0 Å². The summed E-state index contributed by atoms with van der Waals surface area (Å²) in [5.74, 6) is 2.73. The molecule has 0 saturated carbocycles. The second kappa shape index (κ2) is 3.37. The van der Waals surface area contributed by atoms with Gasteiger partial charge in [-0.25, -0.2) is 0 Å². The molecule has 1 fully saturated rings. The summed E-state index contributed by atoms with van der Waals surface area (Å²) in [4.78, 5) is 0. The molecular formula is C11H20O2Si. The van der Waals surface area contributed by atoms with E-state index in [1.54, 1.807) is 0 Å². The molecule has 0 aliphatic carbocycles. The Labute approximate surface area is 88.0 Å². The SMILES string of the molecule is CC1(C)OC[C@](C)(C#C[Si](C)(C)C)O1. The zero-order valence-electron chi connectivity index (χ0n) is 10.0. The van der Waals surface area contributed by atoms with Crippen molar-refractivity contribution in [3.8, 4) is 11.5 Å². The second-order valence-electron chi connectivity index (χ2n) is 5.52. The van der Waals surface area contributed by atoms with Crippen LogP contribution in [0.5, 0.6) is 0 Å². The van der Waals surface area contributed by atoms with Gasteiger partial charge in [0, 0.05) is 0 Å². The number of rotatable bonds is 0. The molecule has 0 spiro atoms. The Bertz CT molecular complexity index is 280. The van der Waals surface area contributed by atoms with Crippen molar-refractivity contribution in [2.45, 2.75) is 51.8 Å². The minimum Gasteiger partial charge on any atom is -0.346 e. The molecule has 0 aromatic rings. The molecule has 0 amide bonds. The average molecular weight is 212 g/mol. The van der Waals surface area contributed by atoms with Crippen molar-refractivity contribution >= 4 is 8.07 Å². The molecule has 1 rings (SSSR count). The van der Waals surface area contributed by atoms with Crippen molar-refractivity contribution in [3.63, 3.8) is 0 Å². The maximum atomic E-state index is 5.76. The average Bonchev–Trinajstić information content (AvgIpc) is 2.22. The van der Waals surface area contributed by atoms with Crippen molar-refractivity contribution in [3.05, 3.63) is 0 Å². The van der Waals surface area contributed by atoms with Gasteiger partial charge in [0.15, 0.2) is 11.4 Å². The number of ether oxygens (including phenoxy) is 2. The lowest BCUT2D eigenvalue weighted by atomic mass is 10.1. The first-order chi connectivity index (χ1) is 6.12. The zero-order chi connectivity index (χ0) is 11.0. The Balaban J connectivity index is 2.74. The molecule has 14 heavy (non-hydrogen) atoms. The molecule has 3 heteroatoms. The lowest BCUT2D eigenvalue weighted by Crippen LogP contribution is -2.30. The standard InChI is InChI=1S/C11H20O2Si/c1-10(2)12-9-11(3,13-10)7-8-14(4,5)6/h9H2,1-6H3/t11-/m0/s1. The third-order valence-electron chi connectivity index (χ3n) is 1.87. The maximum absolute atomic E-state index is 5.76. The molecule has 0 radical (unpaired) electrons. The molecule has 1 atom stereocenters. The van der Waals surface area contributed by atoms with Crippen LogP contribution in [0.4, 0.5) is 0 Å². The molecule has 0 aromatic heterocycles. The van der Waals surface area contributed by atoms with Crippen LogP contribution in [0.15, 0.2) is 0 Å². The third-order valence-corrected chi connectivity index (χ3v) is 2.74. The van der Waals surface area contributed by atoms with Crippen molar-refractivity contribution in [2.24, 2.45) is 0 Å². The van der Waals surface area contributed by atoms with Crippen LogP contribution in [0.1, 0.15) is 20.8 Å². The van der Waals surface area contributed by atoms with Crippen LogP contribution < -0.4 is 0 Å². The van der Waals surface area contributed by atoms with Crippen LogP contribution >= 0.6 is 0 Å². The molecule has 0 aromatic carbocycles. The monoisotopic (exact) mass is 212 g/mol. The molecule has 1 aliphatic heterocycles. The molecule has 0 N–H and O–H groups in total. The van der Waals surface area contributed by atoms with E-state index in [1.165, 1.54) is 0 Å². The zero-order valence-corrected chi connectivity index (χ0v) is 11.0. The fourth-order valence-corrected chi connectivity index (χ4v) is 1.93. The summed E-state index contributed by atoms with van der Waals surface area (Å²) in [6.45, 7) is 13.1. The van der Waals surface area contributed by atoms with E-state index in [2.05, 4.69) is 31.1 Å². The predicted octanol–water partition coefficient (Wildman–Crippen LogP) is 2.41. The van der Waals surface area contributed by atoms with Gasteiger partial charge in [-0.05, 0) is 20.8 Å². The van der Waals surface area contributed by atoms with Crippen LogP contribution in [-0.4, -0.2) is 26.1 Å². The maximum Gasteiger partial charge on any atom is 0.165 e. The van der Waals surface area contributed by atoms with Crippen molar-refractivity contribution in [1.82, 2.24) is 0 Å². The van der Waals surface area contributed by atoms with Gasteiger partial charge in [0.25, 0.3) is 0 Å². The van der Waals surface area contributed by atoms with E-state index < -0.39 is 19.5 Å². The van der Waals surface area contributed by atoms with Crippen LogP contribution in [-0.2, 0) is 9.47 Å². The lowest BCUT2D eigenvalue weighted by Gasteiger charge is -2.20. The van der Waals surface area contributed by atoms with Gasteiger partial charge in [-0.15, -0.1) is 5.54 Å². The summed E-state index contributed by atoms with van der Waals surface area (Å²) < 4.78 is 11.3. The fourth-order valence-electron chi connectivity index (χ4n) is 1.29. The minimum absolute atomic E-state index is 0.413. The highest BCUT2D eigenvalue weighted by Gasteiger charge is 2.40. The topological polar surface area (TPSA) is 18.5 Å². The van der Waals surface area contributed by atoms with Gasteiger partial charge < -0.3 is 9.47 Å². The Morgan fingerprint density at radius 3 is 2.07 bits per heavy atom. The van der Waals surface area contributed by atoms with Gasteiger partial charge in [-0.2, -0.15) is 0 Å². The smallest absolute Gasteiger partial charge is 0.165 e. The lowest BCUT2D eigenvalue weighted by molar-refractivity contribution is -0.146. The van der Waals surface area contributed by atoms with Gasteiger partial charge in [-0.1, -0.05) is 25.6 Å². The molecule has 0 unspecified atom stereocenters. The Morgan fingerprint density at radius 2 is 1.71 bits per heavy atom. The quantitative estimate of drug-likeness (QED) is 0.453. The molecule has 1 saturated heterocycles. The highest BCUT2D eigenvalue weighted by Crippen LogP contribution is 2.29. The van der Waals surface area contributed by atoms with Crippen LogP contribution in [0.25, 0.3) is 0 Å². The first-order valence-corrected chi connectivity index (χ1v) is 8.50. The highest BCUT2D eigenvalue weighted by atomic mass is 28.3. The van der Waals surface area contributed by atoms with Crippen LogP contribution in [0.3, 0.4) is 0 Å². The molecule has 1 aliphatic rings. The molecular weight excluding hydrogens is 192 g/mol. The van der Waals surface area contributed by atoms with E-state index in [1.807, 2.05) is 20.8 Å². The summed E-state index contributed by atoms with van der Waals surface area (Å²) in [6, 6.07) is 0. The van der Waals surface area contributed by atoms with Gasteiger partial charge in [0.1, 0.15) is 8.07 Å². The molecule has 1 heterocycles. The Hall–Kier alpha value is -0.303. The van der Waals surface area contributed by atoms with Gasteiger partial charge in [0.05, 0.1) is 6.61 Å². The van der Waals surface area contributed by atoms with E-state index in [0.717, 1.165) is 0 Å².